The predicted octanol–water partition coefficient (Wildman–Crippen LogP) is 4.47. The van der Waals surface area contributed by atoms with Gasteiger partial charge in [0.2, 0.25) is 5.91 Å². The van der Waals surface area contributed by atoms with E-state index in [9.17, 15) is 18.8 Å². The highest BCUT2D eigenvalue weighted by Crippen LogP contribution is 2.16. The largest absolute Gasteiger partial charge is 0.513 e. The fourth-order valence-corrected chi connectivity index (χ4v) is 2.92. The maximum absolute atomic E-state index is 13.2. The molecule has 3 aromatic rings. The first-order valence-corrected chi connectivity index (χ1v) is 10.3. The number of rotatable bonds is 8. The Bertz CT molecular complexity index is 1110. The molecule has 0 aliphatic carbocycles. The normalized spacial score (nSPS) is 10.2. The highest BCUT2D eigenvalue weighted by Gasteiger charge is 2.09. The molecule has 2 N–H and O–H groups in total. The fraction of sp³-hybridized carbons (Fsp3) is 0.160. The summed E-state index contributed by atoms with van der Waals surface area (Å²) in [6.07, 6.45) is -0.713. The van der Waals surface area contributed by atoms with Crippen LogP contribution in [0.2, 0.25) is 0 Å². The van der Waals surface area contributed by atoms with E-state index in [1.165, 1.54) is 36.4 Å². The summed E-state index contributed by atoms with van der Waals surface area (Å²) in [4.78, 5) is 35.8. The minimum Gasteiger partial charge on any atom is -0.434 e. The van der Waals surface area contributed by atoms with Gasteiger partial charge >= 0.3 is 6.16 Å². The number of benzene rings is 3. The molecule has 8 heteroatoms. The average Bonchev–Trinajstić information content (AvgIpc) is 2.79. The number of hydrogen-bond acceptors (Lipinski definition) is 5. The Balaban J connectivity index is 1.48. The Labute approximate surface area is 190 Å². The van der Waals surface area contributed by atoms with Crippen molar-refractivity contribution in [1.29, 1.82) is 0 Å². The van der Waals surface area contributed by atoms with Gasteiger partial charge in [-0.1, -0.05) is 24.3 Å². The number of carbonyl (C=O) groups excluding carboxylic acids is 3. The summed E-state index contributed by atoms with van der Waals surface area (Å²) in [5, 5.41) is 5.56. The van der Waals surface area contributed by atoms with Gasteiger partial charge in [0, 0.05) is 17.8 Å². The van der Waals surface area contributed by atoms with E-state index in [1.807, 2.05) is 0 Å². The molecule has 170 valence electrons. The summed E-state index contributed by atoms with van der Waals surface area (Å²) in [5.41, 5.74) is 2.42. The Kier molecular flexibility index (Phi) is 8.13. The number of anilines is 1. The lowest BCUT2D eigenvalue weighted by molar-refractivity contribution is -0.120. The molecule has 0 aliphatic heterocycles. The van der Waals surface area contributed by atoms with Crippen LogP contribution in [0.3, 0.4) is 0 Å². The Morgan fingerprint density at radius 2 is 1.64 bits per heavy atom. The monoisotopic (exact) mass is 450 g/mol. The number of carbonyl (C=O) groups is 3. The third-order valence-electron chi connectivity index (χ3n) is 4.54. The quantitative estimate of drug-likeness (QED) is 0.390. The molecule has 7 nitrogen and oxygen atoms in total. The van der Waals surface area contributed by atoms with Crippen molar-refractivity contribution in [3.05, 3.63) is 95.3 Å². The second-order valence-corrected chi connectivity index (χ2v) is 7.04. The van der Waals surface area contributed by atoms with Gasteiger partial charge in [-0.25, -0.2) is 9.18 Å². The Hall–Kier alpha value is -4.20. The zero-order chi connectivity index (χ0) is 23.6. The van der Waals surface area contributed by atoms with Gasteiger partial charge in [-0.2, -0.15) is 0 Å². The van der Waals surface area contributed by atoms with E-state index < -0.39 is 6.16 Å². The minimum atomic E-state index is -0.806. The molecule has 0 atom stereocenters. The lowest BCUT2D eigenvalue weighted by Crippen LogP contribution is -2.24. The summed E-state index contributed by atoms with van der Waals surface area (Å²) in [6.45, 7) is 2.19. The topological polar surface area (TPSA) is 93.7 Å². The minimum absolute atomic E-state index is 0.0928. The molecule has 3 aromatic carbocycles. The van der Waals surface area contributed by atoms with E-state index in [2.05, 4.69) is 10.6 Å². The van der Waals surface area contributed by atoms with Gasteiger partial charge in [-0.3, -0.25) is 9.59 Å². The van der Waals surface area contributed by atoms with Crippen LogP contribution >= 0.6 is 0 Å². The van der Waals surface area contributed by atoms with Gasteiger partial charge < -0.3 is 20.1 Å². The molecule has 33 heavy (non-hydrogen) atoms. The maximum Gasteiger partial charge on any atom is 0.513 e. The van der Waals surface area contributed by atoms with Crippen LogP contribution in [0.4, 0.5) is 14.9 Å². The van der Waals surface area contributed by atoms with Crippen LogP contribution in [-0.4, -0.2) is 24.6 Å². The smallest absolute Gasteiger partial charge is 0.434 e. The van der Waals surface area contributed by atoms with E-state index in [-0.39, 0.29) is 36.4 Å². The zero-order valence-corrected chi connectivity index (χ0v) is 18.0. The van der Waals surface area contributed by atoms with Crippen molar-refractivity contribution in [2.24, 2.45) is 0 Å². The van der Waals surface area contributed by atoms with Gasteiger partial charge in [0.05, 0.1) is 13.0 Å². The summed E-state index contributed by atoms with van der Waals surface area (Å²) >= 11 is 0. The van der Waals surface area contributed by atoms with Crippen molar-refractivity contribution >= 4 is 23.7 Å². The predicted molar refractivity (Wildman–Crippen MR) is 120 cm³/mol. The van der Waals surface area contributed by atoms with Crippen molar-refractivity contribution in [1.82, 2.24) is 5.32 Å². The summed E-state index contributed by atoms with van der Waals surface area (Å²) < 4.78 is 22.9. The number of hydrogen-bond donors (Lipinski definition) is 2. The molecule has 0 spiro atoms. The maximum atomic E-state index is 13.2. The molecule has 0 heterocycles. The van der Waals surface area contributed by atoms with Crippen molar-refractivity contribution in [2.45, 2.75) is 19.9 Å². The SMILES string of the molecule is CCOC(=O)Oc1ccc(C(=O)Nc2ccc(CNC(=O)Cc3cccc(F)c3)cc2)cc1. The van der Waals surface area contributed by atoms with E-state index in [0.29, 0.717) is 23.4 Å². The van der Waals surface area contributed by atoms with Gasteiger partial charge in [0.1, 0.15) is 11.6 Å². The third-order valence-corrected chi connectivity index (χ3v) is 4.54. The van der Waals surface area contributed by atoms with E-state index >= 15 is 0 Å². The summed E-state index contributed by atoms with van der Waals surface area (Å²) in [5.74, 6) is -0.644. The van der Waals surface area contributed by atoms with Crippen LogP contribution in [-0.2, 0) is 22.5 Å². The number of halogens is 1. The first-order valence-electron chi connectivity index (χ1n) is 10.3. The first-order chi connectivity index (χ1) is 15.9. The van der Waals surface area contributed by atoms with Crippen LogP contribution in [0.5, 0.6) is 5.75 Å². The van der Waals surface area contributed by atoms with E-state index in [4.69, 9.17) is 9.47 Å². The molecular weight excluding hydrogens is 427 g/mol. The standard InChI is InChI=1S/C25H23FN2O5/c1-2-32-25(31)33-22-12-8-19(9-13-22)24(30)28-21-10-6-17(7-11-21)16-27-23(29)15-18-4-3-5-20(26)14-18/h3-14H,2,15-16H2,1H3,(H,27,29)(H,28,30). The fourth-order valence-electron chi connectivity index (χ4n) is 2.92. The molecule has 0 aliphatic rings. The number of ether oxygens (including phenoxy) is 2. The third kappa shape index (κ3) is 7.46. The summed E-state index contributed by atoms with van der Waals surface area (Å²) in [6, 6.07) is 19.0. The first kappa shape index (κ1) is 23.5. The Morgan fingerprint density at radius 1 is 0.909 bits per heavy atom. The lowest BCUT2D eigenvalue weighted by Gasteiger charge is -2.09. The molecule has 0 fully saturated rings. The van der Waals surface area contributed by atoms with E-state index in [0.717, 1.165) is 5.56 Å². The Morgan fingerprint density at radius 3 is 2.30 bits per heavy atom. The van der Waals surface area contributed by atoms with Crippen LogP contribution in [0.1, 0.15) is 28.4 Å². The molecule has 0 saturated heterocycles. The number of nitrogens with one attached hydrogen (secondary N) is 2. The highest BCUT2D eigenvalue weighted by atomic mass is 19.1. The molecule has 0 aromatic heterocycles. The van der Waals surface area contributed by atoms with Gasteiger partial charge in [0.15, 0.2) is 0 Å². The van der Waals surface area contributed by atoms with Crippen molar-refractivity contribution < 1.29 is 28.2 Å². The van der Waals surface area contributed by atoms with Crippen LogP contribution in [0.15, 0.2) is 72.8 Å². The van der Waals surface area contributed by atoms with Crippen LogP contribution in [0, 0.1) is 5.82 Å². The second-order valence-electron chi connectivity index (χ2n) is 7.04. The zero-order valence-electron chi connectivity index (χ0n) is 18.0. The van der Waals surface area contributed by atoms with Crippen molar-refractivity contribution in [3.63, 3.8) is 0 Å². The highest BCUT2D eigenvalue weighted by molar-refractivity contribution is 6.04. The molecular formula is C25H23FN2O5. The van der Waals surface area contributed by atoms with Crippen molar-refractivity contribution in [2.75, 3.05) is 11.9 Å². The summed E-state index contributed by atoms with van der Waals surface area (Å²) in [7, 11) is 0. The molecule has 2 amide bonds. The lowest BCUT2D eigenvalue weighted by atomic mass is 10.1. The molecule has 0 unspecified atom stereocenters. The average molecular weight is 450 g/mol. The number of amides is 2. The van der Waals surface area contributed by atoms with Crippen LogP contribution in [0.25, 0.3) is 0 Å². The molecule has 0 radical (unpaired) electrons. The van der Waals surface area contributed by atoms with Crippen LogP contribution < -0.4 is 15.4 Å². The van der Waals surface area contributed by atoms with Gasteiger partial charge in [-0.05, 0) is 66.6 Å². The molecule has 0 bridgehead atoms. The molecule has 0 saturated carbocycles. The van der Waals surface area contributed by atoms with Crippen molar-refractivity contribution in [3.8, 4) is 5.75 Å². The van der Waals surface area contributed by atoms with E-state index in [1.54, 1.807) is 43.3 Å². The molecule has 3 rings (SSSR count). The second kappa shape index (κ2) is 11.4. The van der Waals surface area contributed by atoms with Gasteiger partial charge in [0.25, 0.3) is 5.91 Å². The van der Waals surface area contributed by atoms with Gasteiger partial charge in [-0.15, -0.1) is 0 Å².